The third kappa shape index (κ3) is 2.99. The molecule has 0 saturated carbocycles. The van der Waals surface area contributed by atoms with Gasteiger partial charge in [0.1, 0.15) is 0 Å². The number of fused-ring (bicyclic) bond motifs is 1. The van der Waals surface area contributed by atoms with Crippen LogP contribution in [0.1, 0.15) is 19.8 Å². The van der Waals surface area contributed by atoms with E-state index in [1.807, 2.05) is 18.3 Å². The van der Waals surface area contributed by atoms with E-state index in [-0.39, 0.29) is 0 Å². The summed E-state index contributed by atoms with van der Waals surface area (Å²) in [6.45, 7) is 4.86. The van der Waals surface area contributed by atoms with Crippen molar-refractivity contribution in [2.75, 3.05) is 30.3 Å². The molecule has 1 aliphatic rings. The number of nitrogens with zero attached hydrogens (tertiary/aromatic N) is 2. The van der Waals surface area contributed by atoms with Crippen molar-refractivity contribution in [1.82, 2.24) is 4.98 Å². The summed E-state index contributed by atoms with van der Waals surface area (Å²) in [7, 11) is 0. The van der Waals surface area contributed by atoms with Gasteiger partial charge in [0.05, 0.1) is 17.3 Å². The highest BCUT2D eigenvalue weighted by Crippen LogP contribution is 2.32. The molecule has 5 heteroatoms. The van der Waals surface area contributed by atoms with E-state index in [0.717, 1.165) is 53.6 Å². The van der Waals surface area contributed by atoms with Gasteiger partial charge in [0.15, 0.2) is 0 Å². The fourth-order valence-electron chi connectivity index (χ4n) is 2.96. The molecule has 3 rings (SSSR count). The number of halogens is 1. The normalized spacial score (nSPS) is 16.6. The van der Waals surface area contributed by atoms with Gasteiger partial charge in [0.2, 0.25) is 0 Å². The average molecular weight is 350 g/mol. The van der Waals surface area contributed by atoms with Crippen molar-refractivity contribution in [1.29, 1.82) is 0 Å². The Kier molecular flexibility index (Phi) is 4.31. The minimum atomic E-state index is 0.397. The number of piperidine rings is 1. The van der Waals surface area contributed by atoms with Crippen LogP contribution in [0, 0.1) is 0 Å². The van der Waals surface area contributed by atoms with E-state index in [1.165, 1.54) is 5.69 Å². The van der Waals surface area contributed by atoms with Gasteiger partial charge in [0, 0.05) is 41.4 Å². The van der Waals surface area contributed by atoms with Crippen molar-refractivity contribution in [2.24, 2.45) is 0 Å². The van der Waals surface area contributed by atoms with Gasteiger partial charge in [0.25, 0.3) is 0 Å². The van der Waals surface area contributed by atoms with Crippen LogP contribution in [-0.2, 0) is 4.74 Å². The van der Waals surface area contributed by atoms with Gasteiger partial charge in [-0.1, -0.05) is 0 Å². The molecule has 0 bridgehead atoms. The first-order chi connectivity index (χ1) is 10.2. The van der Waals surface area contributed by atoms with Gasteiger partial charge in [-0.3, -0.25) is 4.98 Å². The highest BCUT2D eigenvalue weighted by atomic mass is 79.9. The number of pyridine rings is 1. The predicted octanol–water partition coefficient (Wildman–Crippen LogP) is 3.58. The van der Waals surface area contributed by atoms with E-state index in [9.17, 15) is 0 Å². The second-order valence-corrected chi connectivity index (χ2v) is 6.28. The number of hydrogen-bond donors (Lipinski definition) is 1. The van der Waals surface area contributed by atoms with Gasteiger partial charge in [-0.25, -0.2) is 0 Å². The number of hydrogen-bond acceptors (Lipinski definition) is 4. The molecule has 0 radical (unpaired) electrons. The molecule has 1 aromatic heterocycles. The molecule has 1 saturated heterocycles. The monoisotopic (exact) mass is 349 g/mol. The van der Waals surface area contributed by atoms with E-state index in [0.29, 0.717) is 6.10 Å². The molecular formula is C16H20BrN3O. The topological polar surface area (TPSA) is 51.4 Å². The van der Waals surface area contributed by atoms with Crippen LogP contribution in [0.15, 0.2) is 28.9 Å². The molecule has 112 valence electrons. The maximum atomic E-state index is 6.09. The van der Waals surface area contributed by atoms with Crippen LogP contribution < -0.4 is 10.6 Å². The zero-order valence-corrected chi connectivity index (χ0v) is 13.8. The Morgan fingerprint density at radius 1 is 1.38 bits per heavy atom. The SMILES string of the molecule is CCOC1CCN(c2ccc(N)c3cc(Br)cnc23)CC1. The maximum Gasteiger partial charge on any atom is 0.0956 e. The Bertz CT molecular complexity index is 639. The fraction of sp³-hybridized carbons (Fsp3) is 0.438. The van der Waals surface area contributed by atoms with Crippen molar-refractivity contribution in [3.05, 3.63) is 28.9 Å². The lowest BCUT2D eigenvalue weighted by atomic mass is 10.1. The largest absolute Gasteiger partial charge is 0.398 e. The molecule has 2 N–H and O–H groups in total. The number of aromatic nitrogens is 1. The van der Waals surface area contributed by atoms with E-state index in [2.05, 4.69) is 38.8 Å². The minimum absolute atomic E-state index is 0.397. The van der Waals surface area contributed by atoms with E-state index < -0.39 is 0 Å². The summed E-state index contributed by atoms with van der Waals surface area (Å²) in [5.41, 5.74) is 9.00. The molecule has 0 unspecified atom stereocenters. The van der Waals surface area contributed by atoms with Crippen LogP contribution >= 0.6 is 15.9 Å². The van der Waals surface area contributed by atoms with E-state index in [4.69, 9.17) is 10.5 Å². The van der Waals surface area contributed by atoms with Crippen molar-refractivity contribution < 1.29 is 4.74 Å². The molecule has 1 aliphatic heterocycles. The molecule has 4 nitrogen and oxygen atoms in total. The Morgan fingerprint density at radius 2 is 2.14 bits per heavy atom. The summed E-state index contributed by atoms with van der Waals surface area (Å²) >= 11 is 3.46. The Hall–Kier alpha value is -1.33. The second kappa shape index (κ2) is 6.20. The number of anilines is 2. The first-order valence-corrected chi connectivity index (χ1v) is 8.18. The first-order valence-electron chi connectivity index (χ1n) is 7.39. The van der Waals surface area contributed by atoms with Crippen molar-refractivity contribution in [3.63, 3.8) is 0 Å². The van der Waals surface area contributed by atoms with Crippen LogP contribution in [0.2, 0.25) is 0 Å². The number of nitrogens with two attached hydrogens (primary N) is 1. The maximum absolute atomic E-state index is 6.09. The lowest BCUT2D eigenvalue weighted by molar-refractivity contribution is 0.0459. The quantitative estimate of drug-likeness (QED) is 0.860. The zero-order chi connectivity index (χ0) is 14.8. The van der Waals surface area contributed by atoms with Gasteiger partial charge >= 0.3 is 0 Å². The molecule has 2 heterocycles. The van der Waals surface area contributed by atoms with E-state index in [1.54, 1.807) is 0 Å². The van der Waals surface area contributed by atoms with Crippen LogP contribution in [0.25, 0.3) is 10.9 Å². The summed E-state index contributed by atoms with van der Waals surface area (Å²) < 4.78 is 6.67. The Labute approximate surface area is 133 Å². The Morgan fingerprint density at radius 3 is 2.86 bits per heavy atom. The molecule has 2 aromatic rings. The molecule has 0 aliphatic carbocycles. The lowest BCUT2D eigenvalue weighted by Crippen LogP contribution is -2.37. The number of benzene rings is 1. The average Bonchev–Trinajstić information content (AvgIpc) is 2.50. The summed E-state index contributed by atoms with van der Waals surface area (Å²) in [5.74, 6) is 0. The molecule has 0 amide bonds. The minimum Gasteiger partial charge on any atom is -0.398 e. The summed E-state index contributed by atoms with van der Waals surface area (Å²) in [6.07, 6.45) is 4.36. The molecular weight excluding hydrogens is 330 g/mol. The predicted molar refractivity (Wildman–Crippen MR) is 90.7 cm³/mol. The third-order valence-corrected chi connectivity index (χ3v) is 4.45. The van der Waals surface area contributed by atoms with Crippen molar-refractivity contribution >= 4 is 38.2 Å². The highest BCUT2D eigenvalue weighted by Gasteiger charge is 2.21. The first kappa shape index (κ1) is 14.6. The second-order valence-electron chi connectivity index (χ2n) is 5.37. The van der Waals surface area contributed by atoms with E-state index >= 15 is 0 Å². The third-order valence-electron chi connectivity index (χ3n) is 4.01. The van der Waals surface area contributed by atoms with Crippen LogP contribution in [0.4, 0.5) is 11.4 Å². The number of nitrogen functional groups attached to an aromatic ring is 1. The van der Waals surface area contributed by atoms with Crippen molar-refractivity contribution in [2.45, 2.75) is 25.9 Å². The molecule has 0 spiro atoms. The van der Waals surface area contributed by atoms with Crippen LogP contribution in [0.5, 0.6) is 0 Å². The molecule has 1 fully saturated rings. The molecule has 21 heavy (non-hydrogen) atoms. The van der Waals surface area contributed by atoms with Crippen molar-refractivity contribution in [3.8, 4) is 0 Å². The van der Waals surface area contributed by atoms with Crippen LogP contribution in [0.3, 0.4) is 0 Å². The smallest absolute Gasteiger partial charge is 0.0956 e. The number of rotatable bonds is 3. The standard InChI is InChI=1S/C16H20BrN3O/c1-2-21-12-5-7-20(8-6-12)15-4-3-14(18)13-9-11(17)10-19-16(13)15/h3-4,9-10,12H,2,5-8,18H2,1H3. The Balaban J connectivity index is 1.90. The van der Waals surface area contributed by atoms with Gasteiger partial charge in [-0.2, -0.15) is 0 Å². The molecule has 1 aromatic carbocycles. The van der Waals surface area contributed by atoms with Crippen LogP contribution in [-0.4, -0.2) is 30.8 Å². The number of ether oxygens (including phenoxy) is 1. The van der Waals surface area contributed by atoms with Gasteiger partial charge in [-0.05, 0) is 53.9 Å². The highest BCUT2D eigenvalue weighted by molar-refractivity contribution is 9.10. The van der Waals surface area contributed by atoms with Gasteiger partial charge in [-0.15, -0.1) is 0 Å². The van der Waals surface area contributed by atoms with Gasteiger partial charge < -0.3 is 15.4 Å². The fourth-order valence-corrected chi connectivity index (χ4v) is 3.29. The molecule has 0 atom stereocenters. The summed E-state index contributed by atoms with van der Waals surface area (Å²) in [6, 6.07) is 6.09. The lowest BCUT2D eigenvalue weighted by Gasteiger charge is -2.33. The zero-order valence-electron chi connectivity index (χ0n) is 12.2. The summed E-state index contributed by atoms with van der Waals surface area (Å²) in [5, 5.41) is 1.01. The summed E-state index contributed by atoms with van der Waals surface area (Å²) in [4.78, 5) is 6.96.